The summed E-state index contributed by atoms with van der Waals surface area (Å²) in [7, 11) is 0. The van der Waals surface area contributed by atoms with Crippen molar-refractivity contribution in [2.75, 3.05) is 52.6 Å². The van der Waals surface area contributed by atoms with E-state index in [-0.39, 0.29) is 110 Å². The fourth-order valence-electron chi connectivity index (χ4n) is 9.11. The van der Waals surface area contributed by atoms with Crippen LogP contribution in [0.25, 0.3) is 0 Å². The van der Waals surface area contributed by atoms with Crippen LogP contribution in [0.15, 0.2) is 60.7 Å². The molecule has 0 spiro atoms. The van der Waals surface area contributed by atoms with Gasteiger partial charge in [0.2, 0.25) is 0 Å². The van der Waals surface area contributed by atoms with E-state index in [9.17, 15) is 38.4 Å². The molecule has 18 nitrogen and oxygen atoms in total. The van der Waals surface area contributed by atoms with Crippen LogP contribution in [-0.4, -0.2) is 110 Å². The van der Waals surface area contributed by atoms with Crippen molar-refractivity contribution >= 4 is 48.0 Å². The molecule has 74 heavy (non-hydrogen) atoms. The van der Waals surface area contributed by atoms with Crippen LogP contribution in [-0.2, 0) is 38.1 Å². The summed E-state index contributed by atoms with van der Waals surface area (Å²) in [4.78, 5) is 107. The van der Waals surface area contributed by atoms with Gasteiger partial charge in [-0.2, -0.15) is 0 Å². The Labute approximate surface area is 434 Å². The van der Waals surface area contributed by atoms with E-state index in [4.69, 9.17) is 37.9 Å². The highest BCUT2D eigenvalue weighted by molar-refractivity contribution is 5.95. The summed E-state index contributed by atoms with van der Waals surface area (Å²) in [6.07, 6.45) is 14.0. The van der Waals surface area contributed by atoms with Crippen LogP contribution >= 0.6 is 0 Å². The third kappa shape index (κ3) is 18.3. The molecule has 3 fully saturated rings. The second-order valence-electron chi connectivity index (χ2n) is 19.4. The Bertz CT molecular complexity index is 2140. The van der Waals surface area contributed by atoms with Crippen molar-refractivity contribution in [1.82, 2.24) is 9.80 Å². The fraction of sp³-hybridized carbons (Fsp3) is 0.571. The predicted octanol–water partition coefficient (Wildman–Crippen LogP) is 10.1. The molecule has 0 radical (unpaired) electrons. The second kappa shape index (κ2) is 29.8. The molecule has 404 valence electrons. The lowest BCUT2D eigenvalue weighted by Gasteiger charge is -2.33. The predicted molar refractivity (Wildman–Crippen MR) is 271 cm³/mol. The Balaban J connectivity index is 1.19. The van der Waals surface area contributed by atoms with Crippen LogP contribution in [0.2, 0.25) is 0 Å². The van der Waals surface area contributed by atoms with Crippen LogP contribution in [0.1, 0.15) is 151 Å². The lowest BCUT2D eigenvalue weighted by molar-refractivity contribution is -0.141. The number of amides is 2. The molecule has 1 heterocycles. The highest BCUT2D eigenvalue weighted by Gasteiger charge is 2.32. The van der Waals surface area contributed by atoms with Gasteiger partial charge >= 0.3 is 48.0 Å². The van der Waals surface area contributed by atoms with Crippen molar-refractivity contribution in [2.45, 2.75) is 130 Å². The SMILES string of the molecule is C=C(C)C(=O)OCCOC(=O)c1cc(OC(=O)N2CCN(C(=O)Oc3ccc(OC(=O)C4CCC(CCCCC)CC4)c(C(=O)OCCOC(=O)C(=C)C)c3)CC2)ccc1OC(=O)C1CCC(CCCCC)CC1. The molecule has 18 heteroatoms. The minimum atomic E-state index is -0.907. The van der Waals surface area contributed by atoms with Gasteiger partial charge < -0.3 is 47.7 Å². The number of piperazine rings is 1. The molecule has 3 aliphatic rings. The van der Waals surface area contributed by atoms with Gasteiger partial charge in [0.05, 0.1) is 11.8 Å². The van der Waals surface area contributed by atoms with Gasteiger partial charge in [-0.15, -0.1) is 0 Å². The summed E-state index contributed by atoms with van der Waals surface area (Å²) in [6.45, 7) is 13.4. The minimum absolute atomic E-state index is 0.0331. The highest BCUT2D eigenvalue weighted by atomic mass is 16.6. The molecule has 2 amide bonds. The van der Waals surface area contributed by atoms with Gasteiger partial charge in [-0.25, -0.2) is 28.8 Å². The van der Waals surface area contributed by atoms with Gasteiger partial charge in [-0.1, -0.05) is 78.4 Å². The maximum Gasteiger partial charge on any atom is 0.415 e. The molecule has 2 aliphatic carbocycles. The molecule has 1 aliphatic heterocycles. The van der Waals surface area contributed by atoms with Crippen molar-refractivity contribution in [3.63, 3.8) is 0 Å². The Kier molecular flexibility index (Phi) is 23.5. The standard InChI is InChI=1S/C56H74N2O16/c1-7-9-11-13-39-15-19-41(20-16-39)51(61)73-47-25-23-43(35-45(47)53(63)69-33-31-67-49(59)37(3)4)71-55(65)57-27-29-58(30-28-57)56(66)72-44-24-26-48(46(36-44)54(64)70-34-32-68-50(60)38(5)6)74-52(62)42-21-17-40(18-22-42)14-12-10-8-2/h23-26,35-36,39-42H,3,5,7-22,27-34H2,1-2,4,6H3. The lowest BCUT2D eigenvalue weighted by Crippen LogP contribution is -2.52. The number of carbonyl (C=O) groups is 8. The van der Waals surface area contributed by atoms with Crippen molar-refractivity contribution in [2.24, 2.45) is 23.7 Å². The molecule has 1 saturated heterocycles. The molecular weight excluding hydrogens is 957 g/mol. The largest absolute Gasteiger partial charge is 0.459 e. The second-order valence-corrected chi connectivity index (χ2v) is 19.4. The molecule has 0 aromatic heterocycles. The van der Waals surface area contributed by atoms with E-state index in [2.05, 4.69) is 27.0 Å². The van der Waals surface area contributed by atoms with Crippen molar-refractivity contribution in [3.05, 3.63) is 71.8 Å². The van der Waals surface area contributed by atoms with Crippen LogP contribution in [0.3, 0.4) is 0 Å². The van der Waals surface area contributed by atoms with Crippen molar-refractivity contribution in [3.8, 4) is 23.0 Å². The average Bonchev–Trinajstić information content (AvgIpc) is 3.39. The van der Waals surface area contributed by atoms with E-state index < -0.39 is 48.0 Å². The average molecular weight is 1030 g/mol. The van der Waals surface area contributed by atoms with Crippen molar-refractivity contribution < 1.29 is 76.3 Å². The summed E-state index contributed by atoms with van der Waals surface area (Å²) in [5, 5.41) is 0. The van der Waals surface area contributed by atoms with Gasteiger partial charge in [0.25, 0.3) is 0 Å². The number of ether oxygens (including phenoxy) is 8. The van der Waals surface area contributed by atoms with E-state index >= 15 is 0 Å². The Hall–Kier alpha value is -6.72. The normalized spacial score (nSPS) is 18.5. The van der Waals surface area contributed by atoms with Crippen molar-refractivity contribution in [1.29, 1.82) is 0 Å². The molecule has 0 N–H and O–H groups in total. The molecule has 2 aromatic carbocycles. The van der Waals surface area contributed by atoms with E-state index in [1.807, 2.05) is 0 Å². The zero-order valence-corrected chi connectivity index (χ0v) is 43.6. The quantitative estimate of drug-likeness (QED) is 0.0314. The van der Waals surface area contributed by atoms with E-state index in [0.29, 0.717) is 37.5 Å². The number of hydrogen-bond donors (Lipinski definition) is 0. The number of carbonyl (C=O) groups excluding carboxylic acids is 8. The minimum Gasteiger partial charge on any atom is -0.459 e. The molecule has 0 unspecified atom stereocenters. The lowest BCUT2D eigenvalue weighted by atomic mass is 9.80. The third-order valence-electron chi connectivity index (χ3n) is 13.6. The first-order chi connectivity index (χ1) is 35.6. The zero-order chi connectivity index (χ0) is 53.6. The monoisotopic (exact) mass is 1030 g/mol. The first-order valence-corrected chi connectivity index (χ1v) is 26.2. The van der Waals surface area contributed by atoms with Gasteiger partial charge in [-0.05, 0) is 113 Å². The molecule has 2 saturated carbocycles. The fourth-order valence-corrected chi connectivity index (χ4v) is 9.11. The Morgan fingerprint density at radius 1 is 0.486 bits per heavy atom. The summed E-state index contributed by atoms with van der Waals surface area (Å²) in [6, 6.07) is 7.95. The molecule has 0 bridgehead atoms. The summed E-state index contributed by atoms with van der Waals surface area (Å²) >= 11 is 0. The topological polar surface area (TPSA) is 217 Å². The third-order valence-corrected chi connectivity index (χ3v) is 13.6. The number of nitrogens with zero attached hydrogens (tertiary/aromatic N) is 2. The molecule has 2 aromatic rings. The van der Waals surface area contributed by atoms with E-state index in [1.54, 1.807) is 0 Å². The van der Waals surface area contributed by atoms with Gasteiger partial charge in [0.15, 0.2) is 0 Å². The van der Waals surface area contributed by atoms with E-state index in [1.165, 1.54) is 85.7 Å². The van der Waals surface area contributed by atoms with Crippen LogP contribution in [0.5, 0.6) is 23.0 Å². The van der Waals surface area contributed by atoms with E-state index in [0.717, 1.165) is 51.4 Å². The number of hydrogen-bond acceptors (Lipinski definition) is 16. The van der Waals surface area contributed by atoms with Gasteiger partial charge in [0.1, 0.15) is 60.6 Å². The molecule has 5 rings (SSSR count). The number of benzene rings is 2. The van der Waals surface area contributed by atoms with Gasteiger partial charge in [-0.3, -0.25) is 9.59 Å². The smallest absolute Gasteiger partial charge is 0.415 e. The summed E-state index contributed by atoms with van der Waals surface area (Å²) < 4.78 is 43.6. The molecular formula is C56H74N2O16. The van der Waals surface area contributed by atoms with Crippen LogP contribution in [0, 0.1) is 23.7 Å². The summed E-state index contributed by atoms with van der Waals surface area (Å²) in [5.41, 5.74) is -0.0166. The number of esters is 6. The van der Waals surface area contributed by atoms with Gasteiger partial charge in [0, 0.05) is 37.3 Å². The number of unbranched alkanes of at least 4 members (excludes halogenated alkanes) is 4. The van der Waals surface area contributed by atoms with Crippen LogP contribution < -0.4 is 18.9 Å². The Morgan fingerprint density at radius 3 is 1.18 bits per heavy atom. The number of rotatable bonds is 24. The Morgan fingerprint density at radius 2 is 0.838 bits per heavy atom. The highest BCUT2D eigenvalue weighted by Crippen LogP contribution is 2.36. The first kappa shape index (κ1) is 58.2. The first-order valence-electron chi connectivity index (χ1n) is 26.2. The maximum atomic E-state index is 13.5. The molecule has 0 atom stereocenters. The van der Waals surface area contributed by atoms with Crippen LogP contribution in [0.4, 0.5) is 9.59 Å². The summed E-state index contributed by atoms with van der Waals surface area (Å²) in [5.74, 6) is -3.87. The maximum absolute atomic E-state index is 13.5. The zero-order valence-electron chi connectivity index (χ0n) is 43.6.